The zero-order chi connectivity index (χ0) is 10.8. The number of nitrogens with two attached hydrogens (primary N) is 1. The lowest BCUT2D eigenvalue weighted by atomic mass is 10.3. The molecular weight excluding hydrogens is 232 g/mol. The van der Waals surface area contributed by atoms with E-state index in [1.807, 2.05) is 12.1 Å². The maximum atomic E-state index is 6.00. The minimum absolute atomic E-state index is 0.592. The molecule has 3 nitrogen and oxygen atoms in total. The molecule has 1 aromatic carbocycles. The fraction of sp³-hybridized carbons (Fsp3) is 0.300. The van der Waals surface area contributed by atoms with Gasteiger partial charge in [0.15, 0.2) is 0 Å². The van der Waals surface area contributed by atoms with Gasteiger partial charge in [-0.05, 0) is 12.6 Å². The van der Waals surface area contributed by atoms with Crippen molar-refractivity contribution in [3.8, 4) is 5.75 Å². The van der Waals surface area contributed by atoms with Gasteiger partial charge < -0.3 is 10.5 Å². The molecule has 0 aliphatic rings. The molecule has 0 radical (unpaired) electrons. The van der Waals surface area contributed by atoms with Crippen molar-refractivity contribution in [2.75, 3.05) is 13.7 Å². The van der Waals surface area contributed by atoms with E-state index in [1.165, 1.54) is 0 Å². The van der Waals surface area contributed by atoms with Crippen LogP contribution in [0.2, 0.25) is 5.02 Å². The van der Waals surface area contributed by atoms with Gasteiger partial charge in [0.05, 0.1) is 27.4 Å². The van der Waals surface area contributed by atoms with Crippen LogP contribution >= 0.6 is 22.9 Å². The third kappa shape index (κ3) is 2.07. The van der Waals surface area contributed by atoms with Crippen LogP contribution in [0.15, 0.2) is 12.1 Å². The van der Waals surface area contributed by atoms with Gasteiger partial charge in [-0.2, -0.15) is 0 Å². The van der Waals surface area contributed by atoms with Crippen molar-refractivity contribution < 1.29 is 4.74 Å². The molecule has 15 heavy (non-hydrogen) atoms. The van der Waals surface area contributed by atoms with Gasteiger partial charge in [0.25, 0.3) is 0 Å². The molecule has 0 fully saturated rings. The largest absolute Gasteiger partial charge is 0.495 e. The first-order valence-electron chi connectivity index (χ1n) is 4.57. The summed E-state index contributed by atoms with van der Waals surface area (Å²) in [7, 11) is 1.61. The van der Waals surface area contributed by atoms with E-state index in [4.69, 9.17) is 22.1 Å². The van der Waals surface area contributed by atoms with E-state index >= 15 is 0 Å². The Labute approximate surface area is 96.8 Å². The molecule has 0 aliphatic carbocycles. The Morgan fingerprint density at radius 2 is 2.33 bits per heavy atom. The first-order chi connectivity index (χ1) is 7.24. The van der Waals surface area contributed by atoms with Gasteiger partial charge in [-0.3, -0.25) is 0 Å². The van der Waals surface area contributed by atoms with Crippen LogP contribution in [0.25, 0.3) is 10.2 Å². The molecule has 2 N–H and O–H groups in total. The van der Waals surface area contributed by atoms with Gasteiger partial charge in [-0.25, -0.2) is 4.98 Å². The Hall–Kier alpha value is -0.840. The van der Waals surface area contributed by atoms with E-state index in [2.05, 4.69) is 4.98 Å². The van der Waals surface area contributed by atoms with Gasteiger partial charge in [0, 0.05) is 12.5 Å². The first-order valence-corrected chi connectivity index (χ1v) is 5.77. The number of hydrogen-bond acceptors (Lipinski definition) is 4. The fourth-order valence-corrected chi connectivity index (χ4v) is 2.59. The Bertz CT molecular complexity index is 483. The lowest BCUT2D eigenvalue weighted by Gasteiger charge is -2.00. The second kappa shape index (κ2) is 4.35. The van der Waals surface area contributed by atoms with Crippen LogP contribution in [0.4, 0.5) is 0 Å². The summed E-state index contributed by atoms with van der Waals surface area (Å²) in [6, 6.07) is 3.74. The smallest absolute Gasteiger partial charge is 0.139 e. The van der Waals surface area contributed by atoms with Crippen LogP contribution in [0.3, 0.4) is 0 Å². The summed E-state index contributed by atoms with van der Waals surface area (Å²) in [5, 5.41) is 1.63. The van der Waals surface area contributed by atoms with E-state index in [0.29, 0.717) is 17.3 Å². The van der Waals surface area contributed by atoms with Crippen molar-refractivity contribution >= 4 is 33.2 Å². The molecule has 0 saturated carbocycles. The van der Waals surface area contributed by atoms with Crippen molar-refractivity contribution in [1.29, 1.82) is 0 Å². The van der Waals surface area contributed by atoms with Crippen molar-refractivity contribution in [3.05, 3.63) is 22.2 Å². The predicted octanol–water partition coefficient (Wildman–Crippen LogP) is 2.46. The highest BCUT2D eigenvalue weighted by molar-refractivity contribution is 7.18. The monoisotopic (exact) mass is 242 g/mol. The Morgan fingerprint density at radius 1 is 1.53 bits per heavy atom. The Kier molecular flexibility index (Phi) is 3.09. The summed E-state index contributed by atoms with van der Waals surface area (Å²) < 4.78 is 6.23. The number of hydrogen-bond donors (Lipinski definition) is 1. The van der Waals surface area contributed by atoms with Crippen LogP contribution in [0.1, 0.15) is 5.01 Å². The average Bonchev–Trinajstić information content (AvgIpc) is 2.58. The van der Waals surface area contributed by atoms with Crippen LogP contribution in [0, 0.1) is 0 Å². The second-order valence-corrected chi connectivity index (χ2v) is 4.62. The summed E-state index contributed by atoms with van der Waals surface area (Å²) in [5.74, 6) is 0.687. The van der Waals surface area contributed by atoms with Crippen LogP contribution in [-0.4, -0.2) is 18.6 Å². The quantitative estimate of drug-likeness (QED) is 0.900. The summed E-state index contributed by atoms with van der Waals surface area (Å²) in [5.41, 5.74) is 6.40. The summed E-state index contributed by atoms with van der Waals surface area (Å²) in [6.45, 7) is 0.616. The third-order valence-electron chi connectivity index (χ3n) is 2.06. The zero-order valence-corrected chi connectivity index (χ0v) is 9.86. The van der Waals surface area contributed by atoms with E-state index in [9.17, 15) is 0 Å². The van der Waals surface area contributed by atoms with Crippen molar-refractivity contribution in [3.63, 3.8) is 0 Å². The highest BCUT2D eigenvalue weighted by Gasteiger charge is 2.08. The number of rotatable bonds is 3. The average molecular weight is 243 g/mol. The van der Waals surface area contributed by atoms with Crippen LogP contribution in [-0.2, 0) is 6.42 Å². The molecule has 80 valence electrons. The molecule has 0 saturated heterocycles. The first kappa shape index (κ1) is 10.7. The van der Waals surface area contributed by atoms with Crippen LogP contribution in [0.5, 0.6) is 5.75 Å². The minimum atomic E-state index is 0.592. The molecule has 0 amide bonds. The molecule has 2 aromatic rings. The number of benzene rings is 1. The third-order valence-corrected chi connectivity index (χ3v) is 3.44. The highest BCUT2D eigenvalue weighted by atomic mass is 35.5. The van der Waals surface area contributed by atoms with Crippen molar-refractivity contribution in [2.24, 2.45) is 5.73 Å². The molecule has 1 heterocycles. The molecule has 0 aliphatic heterocycles. The summed E-state index contributed by atoms with van der Waals surface area (Å²) in [6.07, 6.45) is 0.805. The van der Waals surface area contributed by atoms with E-state index < -0.39 is 0 Å². The maximum absolute atomic E-state index is 6.00. The maximum Gasteiger partial charge on any atom is 0.139 e. The lowest BCUT2D eigenvalue weighted by Crippen LogP contribution is -2.01. The van der Waals surface area contributed by atoms with Gasteiger partial charge >= 0.3 is 0 Å². The van der Waals surface area contributed by atoms with E-state index in [1.54, 1.807) is 18.4 Å². The SMILES string of the molecule is COc1cc2sc(CCN)nc2cc1Cl. The standard InChI is InChI=1S/C10H11ClN2OS/c1-14-8-5-9-7(4-6(8)11)13-10(15-9)2-3-12/h4-5H,2-3,12H2,1H3. The second-order valence-electron chi connectivity index (χ2n) is 3.10. The number of aromatic nitrogens is 1. The minimum Gasteiger partial charge on any atom is -0.495 e. The zero-order valence-electron chi connectivity index (χ0n) is 8.29. The number of thiazole rings is 1. The topological polar surface area (TPSA) is 48.1 Å². The molecule has 2 rings (SSSR count). The lowest BCUT2D eigenvalue weighted by molar-refractivity contribution is 0.415. The Morgan fingerprint density at radius 3 is 3.00 bits per heavy atom. The molecule has 1 aromatic heterocycles. The van der Waals surface area contributed by atoms with Crippen LogP contribution < -0.4 is 10.5 Å². The van der Waals surface area contributed by atoms with Gasteiger partial charge in [0.2, 0.25) is 0 Å². The number of fused-ring (bicyclic) bond motifs is 1. The molecule has 5 heteroatoms. The number of halogens is 1. The van der Waals surface area contributed by atoms with Crippen molar-refractivity contribution in [2.45, 2.75) is 6.42 Å². The van der Waals surface area contributed by atoms with Gasteiger partial charge in [-0.15, -0.1) is 11.3 Å². The molecule has 0 unspecified atom stereocenters. The molecular formula is C10H11ClN2OS. The molecule has 0 bridgehead atoms. The highest BCUT2D eigenvalue weighted by Crippen LogP contribution is 2.32. The Balaban J connectivity index is 2.51. The summed E-state index contributed by atoms with van der Waals surface area (Å²) in [4.78, 5) is 4.44. The summed E-state index contributed by atoms with van der Waals surface area (Å²) >= 11 is 7.63. The van der Waals surface area contributed by atoms with E-state index in [-0.39, 0.29) is 0 Å². The number of methoxy groups -OCH3 is 1. The normalized spacial score (nSPS) is 10.9. The van der Waals surface area contributed by atoms with E-state index in [0.717, 1.165) is 21.6 Å². The molecule has 0 atom stereocenters. The molecule has 0 spiro atoms. The predicted molar refractivity (Wildman–Crippen MR) is 63.9 cm³/mol. The fourth-order valence-electron chi connectivity index (χ4n) is 1.36. The van der Waals surface area contributed by atoms with Gasteiger partial charge in [0.1, 0.15) is 5.75 Å². The number of ether oxygens (including phenoxy) is 1. The number of nitrogens with zero attached hydrogens (tertiary/aromatic N) is 1. The van der Waals surface area contributed by atoms with Gasteiger partial charge in [-0.1, -0.05) is 11.6 Å². The van der Waals surface area contributed by atoms with Crippen molar-refractivity contribution in [1.82, 2.24) is 4.98 Å².